The van der Waals surface area contributed by atoms with Crippen LogP contribution >= 0.6 is 11.3 Å². The highest BCUT2D eigenvalue weighted by Gasteiger charge is 2.20. The topological polar surface area (TPSA) is 90.6 Å². The fraction of sp³-hybridized carbons (Fsp3) is 0.278. The maximum Gasteiger partial charge on any atom is 0.158 e. The zero-order valence-corrected chi connectivity index (χ0v) is 14.6. The van der Waals surface area contributed by atoms with E-state index in [1.807, 2.05) is 6.92 Å². The van der Waals surface area contributed by atoms with Crippen LogP contribution in [-0.2, 0) is 12.8 Å². The number of aromatic hydroxyl groups is 2. The van der Waals surface area contributed by atoms with Gasteiger partial charge < -0.3 is 10.2 Å². The molecule has 2 aromatic heterocycles. The Labute approximate surface area is 148 Å². The Kier molecular flexibility index (Phi) is 4.01. The van der Waals surface area contributed by atoms with Gasteiger partial charge >= 0.3 is 0 Å². The summed E-state index contributed by atoms with van der Waals surface area (Å²) < 4.78 is 0. The van der Waals surface area contributed by atoms with E-state index in [4.69, 9.17) is 0 Å². The van der Waals surface area contributed by atoms with Crippen molar-refractivity contribution >= 4 is 33.6 Å². The molecule has 0 saturated carbocycles. The molecule has 4 rings (SSSR count). The molecule has 7 heteroatoms. The molecule has 3 aromatic rings. The largest absolute Gasteiger partial charge is 0.508 e. The third kappa shape index (κ3) is 3.02. The van der Waals surface area contributed by atoms with Gasteiger partial charge in [0, 0.05) is 16.5 Å². The number of aromatic nitrogens is 2. The van der Waals surface area contributed by atoms with Crippen molar-refractivity contribution in [2.75, 3.05) is 5.43 Å². The number of anilines is 1. The van der Waals surface area contributed by atoms with E-state index in [1.54, 1.807) is 17.4 Å². The van der Waals surface area contributed by atoms with Gasteiger partial charge in [0.05, 0.1) is 11.6 Å². The molecule has 0 aliphatic heterocycles. The Balaban J connectivity index is 1.69. The van der Waals surface area contributed by atoms with Crippen molar-refractivity contribution in [3.63, 3.8) is 0 Å². The summed E-state index contributed by atoms with van der Waals surface area (Å²) in [7, 11) is 0. The first-order valence-corrected chi connectivity index (χ1v) is 9.03. The summed E-state index contributed by atoms with van der Waals surface area (Å²) in [6.45, 7) is 1.87. The molecule has 1 aliphatic rings. The van der Waals surface area contributed by atoms with Gasteiger partial charge in [0.1, 0.15) is 22.2 Å². The average molecular weight is 354 g/mol. The van der Waals surface area contributed by atoms with Gasteiger partial charge in [-0.1, -0.05) is 0 Å². The van der Waals surface area contributed by atoms with Crippen molar-refractivity contribution < 1.29 is 10.2 Å². The molecule has 0 atom stereocenters. The Morgan fingerprint density at radius 3 is 2.88 bits per heavy atom. The van der Waals surface area contributed by atoms with E-state index in [0.717, 1.165) is 23.1 Å². The van der Waals surface area contributed by atoms with Gasteiger partial charge in [-0.25, -0.2) is 9.97 Å². The van der Waals surface area contributed by atoms with Crippen molar-refractivity contribution in [3.8, 4) is 11.5 Å². The number of hydrogen-bond acceptors (Lipinski definition) is 7. The first-order valence-electron chi connectivity index (χ1n) is 8.22. The van der Waals surface area contributed by atoms with Crippen LogP contribution in [0.25, 0.3) is 10.2 Å². The summed E-state index contributed by atoms with van der Waals surface area (Å²) in [5.74, 6) is 1.40. The highest BCUT2D eigenvalue weighted by atomic mass is 32.1. The molecular weight excluding hydrogens is 336 g/mol. The summed E-state index contributed by atoms with van der Waals surface area (Å²) in [5, 5.41) is 24.5. The van der Waals surface area contributed by atoms with Gasteiger partial charge in [-0.15, -0.1) is 11.3 Å². The van der Waals surface area contributed by atoms with E-state index in [0.29, 0.717) is 17.2 Å². The van der Waals surface area contributed by atoms with Gasteiger partial charge in [0.2, 0.25) is 0 Å². The van der Waals surface area contributed by atoms with Crippen LogP contribution in [0.5, 0.6) is 11.5 Å². The lowest BCUT2D eigenvalue weighted by Gasteiger charge is -2.11. The molecule has 25 heavy (non-hydrogen) atoms. The molecule has 0 spiro atoms. The minimum absolute atomic E-state index is 0.0145. The summed E-state index contributed by atoms with van der Waals surface area (Å²) in [4.78, 5) is 11.5. The van der Waals surface area contributed by atoms with E-state index < -0.39 is 0 Å². The Morgan fingerprint density at radius 1 is 1.20 bits per heavy atom. The predicted octanol–water partition coefficient (Wildman–Crippen LogP) is 3.74. The molecule has 3 N–H and O–H groups in total. The van der Waals surface area contributed by atoms with Crippen LogP contribution < -0.4 is 5.43 Å². The Morgan fingerprint density at radius 2 is 2.04 bits per heavy atom. The fourth-order valence-corrected chi connectivity index (χ4v) is 4.46. The summed E-state index contributed by atoms with van der Waals surface area (Å²) in [5.41, 5.74) is 4.86. The van der Waals surface area contributed by atoms with Crippen molar-refractivity contribution in [2.45, 2.75) is 32.6 Å². The number of thiophene rings is 1. The summed E-state index contributed by atoms with van der Waals surface area (Å²) >= 11 is 1.75. The normalized spacial score (nSPS) is 14.1. The maximum atomic E-state index is 9.83. The van der Waals surface area contributed by atoms with Crippen LogP contribution in [0.2, 0.25) is 0 Å². The molecule has 6 nitrogen and oxygen atoms in total. The number of nitrogens with one attached hydrogen (secondary N) is 1. The third-order valence-corrected chi connectivity index (χ3v) is 5.50. The van der Waals surface area contributed by atoms with E-state index in [9.17, 15) is 10.2 Å². The first-order chi connectivity index (χ1) is 12.1. The monoisotopic (exact) mass is 354 g/mol. The minimum atomic E-state index is -0.0255. The quantitative estimate of drug-likeness (QED) is 0.492. The number of rotatable bonds is 3. The lowest BCUT2D eigenvalue weighted by Crippen LogP contribution is -2.02. The maximum absolute atomic E-state index is 9.83. The Hall–Kier alpha value is -2.67. The standard InChI is InChI=1S/C18H18N4O2S/c1-10-20-17(22-19-9-11-6-7-12(23)8-14(11)24)16-13-4-2-3-5-15(13)25-18(16)21-10/h6-9,23-24H,2-5H2,1H3,(H,20,21,22)/b19-9-. The Bertz CT molecular complexity index is 981. The molecule has 128 valence electrons. The predicted molar refractivity (Wildman–Crippen MR) is 99.8 cm³/mol. The molecular formula is C18H18N4O2S. The van der Waals surface area contributed by atoms with Crippen molar-refractivity contribution in [3.05, 3.63) is 40.0 Å². The van der Waals surface area contributed by atoms with Gasteiger partial charge in [-0.3, -0.25) is 5.43 Å². The number of phenols is 2. The van der Waals surface area contributed by atoms with Gasteiger partial charge in [0.25, 0.3) is 0 Å². The van der Waals surface area contributed by atoms with Crippen molar-refractivity contribution in [2.24, 2.45) is 5.10 Å². The second-order valence-electron chi connectivity index (χ2n) is 6.12. The van der Waals surface area contributed by atoms with Crippen LogP contribution in [-0.4, -0.2) is 26.4 Å². The molecule has 0 saturated heterocycles. The van der Waals surface area contributed by atoms with Crippen molar-refractivity contribution in [1.29, 1.82) is 0 Å². The number of hydrazone groups is 1. The number of benzene rings is 1. The average Bonchev–Trinajstić information content (AvgIpc) is 2.94. The minimum Gasteiger partial charge on any atom is -0.508 e. The summed E-state index contributed by atoms with van der Waals surface area (Å²) in [6.07, 6.45) is 6.10. The lowest BCUT2D eigenvalue weighted by molar-refractivity contribution is 0.450. The highest BCUT2D eigenvalue weighted by molar-refractivity contribution is 7.19. The number of aryl methyl sites for hydroxylation is 3. The number of hydrogen-bond donors (Lipinski definition) is 3. The molecule has 0 unspecified atom stereocenters. The molecule has 0 bridgehead atoms. The fourth-order valence-electron chi connectivity index (χ4n) is 3.15. The SMILES string of the molecule is Cc1nc(N/N=C\c2ccc(O)cc2O)c2c3c(sc2n1)CCCC3. The van der Waals surface area contributed by atoms with Crippen LogP contribution in [0.1, 0.15) is 34.7 Å². The molecule has 0 amide bonds. The summed E-state index contributed by atoms with van der Waals surface area (Å²) in [6, 6.07) is 4.39. The molecule has 2 heterocycles. The lowest BCUT2D eigenvalue weighted by atomic mass is 9.97. The van der Waals surface area contributed by atoms with Crippen LogP contribution in [0.4, 0.5) is 5.82 Å². The van der Waals surface area contributed by atoms with Gasteiger partial charge in [0.15, 0.2) is 5.82 Å². The second kappa shape index (κ2) is 6.33. The van der Waals surface area contributed by atoms with E-state index in [-0.39, 0.29) is 11.5 Å². The molecule has 0 radical (unpaired) electrons. The molecule has 1 aliphatic carbocycles. The second-order valence-corrected chi connectivity index (χ2v) is 7.21. The smallest absolute Gasteiger partial charge is 0.158 e. The zero-order valence-electron chi connectivity index (χ0n) is 13.8. The van der Waals surface area contributed by atoms with Crippen LogP contribution in [0.3, 0.4) is 0 Å². The highest BCUT2D eigenvalue weighted by Crippen LogP contribution is 2.38. The van der Waals surface area contributed by atoms with Gasteiger partial charge in [-0.05, 0) is 50.3 Å². The number of phenolic OH excluding ortho intramolecular Hbond substituents is 2. The zero-order chi connectivity index (χ0) is 17.4. The molecule has 1 aromatic carbocycles. The first kappa shape index (κ1) is 15.8. The van der Waals surface area contributed by atoms with E-state index in [2.05, 4.69) is 20.5 Å². The van der Waals surface area contributed by atoms with E-state index >= 15 is 0 Å². The molecule has 0 fully saturated rings. The van der Waals surface area contributed by atoms with Crippen LogP contribution in [0, 0.1) is 6.92 Å². The van der Waals surface area contributed by atoms with Crippen LogP contribution in [0.15, 0.2) is 23.3 Å². The number of fused-ring (bicyclic) bond motifs is 3. The van der Waals surface area contributed by atoms with Gasteiger partial charge in [-0.2, -0.15) is 5.10 Å². The third-order valence-electron chi connectivity index (χ3n) is 4.31. The van der Waals surface area contributed by atoms with E-state index in [1.165, 1.54) is 41.6 Å². The van der Waals surface area contributed by atoms with Crippen molar-refractivity contribution in [1.82, 2.24) is 9.97 Å². The number of nitrogens with zero attached hydrogens (tertiary/aromatic N) is 3.